The summed E-state index contributed by atoms with van der Waals surface area (Å²) in [6, 6.07) is 48.6. The lowest BCUT2D eigenvalue weighted by molar-refractivity contribution is 0.426. The molecule has 4 nitrogen and oxygen atoms in total. The molecule has 0 fully saturated rings. The molecule has 6 N–H and O–H groups in total. The molecule has 0 aliphatic carbocycles. The molecule has 244 valence electrons. The number of nitrogen functional groups attached to an aromatic ring is 2. The molecule has 6 heteroatoms. The van der Waals surface area contributed by atoms with E-state index in [1.165, 1.54) is 33.4 Å². The van der Waals surface area contributed by atoms with Gasteiger partial charge in [0.25, 0.3) is 0 Å². The molecular weight excluding hydrogens is 655 g/mol. The Hall–Kier alpha value is -4.62. The predicted octanol–water partition coefficient (Wildman–Crippen LogP) is 9.91. The van der Waals surface area contributed by atoms with E-state index in [9.17, 15) is 0 Å². The van der Waals surface area contributed by atoms with Crippen molar-refractivity contribution in [3.8, 4) is 33.4 Å². The van der Waals surface area contributed by atoms with Crippen LogP contribution in [0.3, 0.4) is 0 Å². The van der Waals surface area contributed by atoms with Gasteiger partial charge in [-0.1, -0.05) is 159 Å². The molecule has 0 heterocycles. The minimum atomic E-state index is -1.39. The summed E-state index contributed by atoms with van der Waals surface area (Å²) in [5.74, 6) is 0.927. The van der Waals surface area contributed by atoms with Crippen LogP contribution < -0.4 is 16.9 Å². The number of rotatable bonds is 6. The Morgan fingerprint density at radius 3 is 1.23 bits per heavy atom. The number of nitrogens with two attached hydrogens (primary N) is 2. The SMILES string of the molecule is CC(C)c1cc(-c2ccc(-c3ccccc3)cc2)ccc1N.CC(C)c1cc(Br)ccc1N.OB(O)c1ccc(-c2ccccc2)cc1. The molecule has 0 saturated carbocycles. The zero-order valence-electron chi connectivity index (χ0n) is 28.0. The Kier molecular flexibility index (Phi) is 13.2. The van der Waals surface area contributed by atoms with E-state index in [-0.39, 0.29) is 0 Å². The fraction of sp³-hybridized carbons (Fsp3) is 0.143. The zero-order valence-corrected chi connectivity index (χ0v) is 29.6. The third-order valence-electron chi connectivity index (χ3n) is 8.02. The van der Waals surface area contributed by atoms with Crippen molar-refractivity contribution in [2.24, 2.45) is 0 Å². The predicted molar refractivity (Wildman–Crippen MR) is 210 cm³/mol. The summed E-state index contributed by atoms with van der Waals surface area (Å²) in [6.45, 7) is 8.62. The van der Waals surface area contributed by atoms with Crippen LogP contribution >= 0.6 is 15.9 Å². The van der Waals surface area contributed by atoms with Crippen molar-refractivity contribution in [1.29, 1.82) is 0 Å². The molecule has 0 aliphatic rings. The Morgan fingerprint density at radius 1 is 0.458 bits per heavy atom. The van der Waals surface area contributed by atoms with Gasteiger partial charge in [-0.2, -0.15) is 0 Å². The molecule has 6 aromatic rings. The molecule has 0 aromatic heterocycles. The fourth-order valence-corrected chi connectivity index (χ4v) is 5.64. The standard InChI is InChI=1S/C21H21N.C12H11BO2.C9H12BrN/c1-15(2)20-14-19(12-13-21(20)22)18-10-8-17(9-11-18)16-6-4-3-5-7-16;14-13(15)12-8-6-11(7-9-12)10-4-2-1-3-5-10;1-6(2)8-5-7(10)3-4-9(8)11/h3-15H,22H2,1-2H3;1-9,14-15H;3-6H,11H2,1-2H3. The highest BCUT2D eigenvalue weighted by molar-refractivity contribution is 9.10. The van der Waals surface area contributed by atoms with Crippen LogP contribution in [-0.4, -0.2) is 17.2 Å². The second-order valence-electron chi connectivity index (χ2n) is 12.2. The summed E-state index contributed by atoms with van der Waals surface area (Å²) in [5.41, 5.74) is 23.6. The van der Waals surface area contributed by atoms with Crippen LogP contribution in [-0.2, 0) is 0 Å². The van der Waals surface area contributed by atoms with E-state index >= 15 is 0 Å². The Labute approximate surface area is 294 Å². The van der Waals surface area contributed by atoms with E-state index in [0.717, 1.165) is 27.0 Å². The molecule has 0 aliphatic heterocycles. The Morgan fingerprint density at radius 2 is 0.812 bits per heavy atom. The average Bonchev–Trinajstić information content (AvgIpc) is 3.11. The molecule has 6 aromatic carbocycles. The lowest BCUT2D eigenvalue weighted by Crippen LogP contribution is -2.29. The molecule has 0 bridgehead atoms. The summed E-state index contributed by atoms with van der Waals surface area (Å²) in [5, 5.41) is 17.9. The van der Waals surface area contributed by atoms with Gasteiger partial charge in [0.15, 0.2) is 0 Å². The number of halogens is 1. The van der Waals surface area contributed by atoms with Crippen molar-refractivity contribution in [1.82, 2.24) is 0 Å². The Balaban J connectivity index is 0.000000174. The van der Waals surface area contributed by atoms with Gasteiger partial charge in [-0.25, -0.2) is 0 Å². The second kappa shape index (κ2) is 17.5. The maximum Gasteiger partial charge on any atom is 0.488 e. The van der Waals surface area contributed by atoms with Crippen molar-refractivity contribution in [2.45, 2.75) is 39.5 Å². The number of anilines is 2. The van der Waals surface area contributed by atoms with Crippen molar-refractivity contribution in [3.05, 3.63) is 161 Å². The quantitative estimate of drug-likeness (QED) is 0.103. The first kappa shape index (κ1) is 36.2. The van der Waals surface area contributed by atoms with Crippen LogP contribution in [0, 0.1) is 0 Å². The fourth-order valence-electron chi connectivity index (χ4n) is 5.26. The largest absolute Gasteiger partial charge is 0.488 e. The average molecular weight is 700 g/mol. The van der Waals surface area contributed by atoms with Gasteiger partial charge in [0.05, 0.1) is 0 Å². The zero-order chi connectivity index (χ0) is 34.6. The van der Waals surface area contributed by atoms with Crippen molar-refractivity contribution < 1.29 is 10.0 Å². The van der Waals surface area contributed by atoms with Gasteiger partial charge in [-0.15, -0.1) is 0 Å². The molecule has 6 rings (SSSR count). The summed E-state index contributed by atoms with van der Waals surface area (Å²) >= 11 is 3.41. The van der Waals surface area contributed by atoms with Gasteiger partial charge < -0.3 is 21.5 Å². The van der Waals surface area contributed by atoms with Crippen molar-refractivity contribution >= 4 is 39.9 Å². The van der Waals surface area contributed by atoms with Crippen LogP contribution in [0.25, 0.3) is 33.4 Å². The third-order valence-corrected chi connectivity index (χ3v) is 8.51. The maximum atomic E-state index is 8.94. The van der Waals surface area contributed by atoms with E-state index in [2.05, 4.69) is 110 Å². The van der Waals surface area contributed by atoms with E-state index in [0.29, 0.717) is 17.3 Å². The first-order valence-corrected chi connectivity index (χ1v) is 16.9. The van der Waals surface area contributed by atoms with Gasteiger partial charge in [0, 0.05) is 15.8 Å². The first-order chi connectivity index (χ1) is 23.0. The summed E-state index contributed by atoms with van der Waals surface area (Å²) < 4.78 is 1.09. The first-order valence-electron chi connectivity index (χ1n) is 16.1. The van der Waals surface area contributed by atoms with Crippen LogP contribution in [0.1, 0.15) is 50.7 Å². The van der Waals surface area contributed by atoms with Gasteiger partial charge in [-0.05, 0) is 92.1 Å². The van der Waals surface area contributed by atoms with E-state index in [1.807, 2.05) is 66.7 Å². The number of hydrogen-bond acceptors (Lipinski definition) is 4. The highest BCUT2D eigenvalue weighted by atomic mass is 79.9. The van der Waals surface area contributed by atoms with Crippen LogP contribution in [0.5, 0.6) is 0 Å². The van der Waals surface area contributed by atoms with Crippen molar-refractivity contribution in [3.63, 3.8) is 0 Å². The topological polar surface area (TPSA) is 92.5 Å². The Bertz CT molecular complexity index is 1860. The molecule has 0 unspecified atom stereocenters. The highest BCUT2D eigenvalue weighted by Crippen LogP contribution is 2.30. The molecule has 0 radical (unpaired) electrons. The molecule has 0 spiro atoms. The van der Waals surface area contributed by atoms with E-state index < -0.39 is 7.12 Å². The molecule has 0 atom stereocenters. The summed E-state index contributed by atoms with van der Waals surface area (Å²) in [6.07, 6.45) is 0. The monoisotopic (exact) mass is 698 g/mol. The second-order valence-corrected chi connectivity index (χ2v) is 13.1. The van der Waals surface area contributed by atoms with Crippen LogP contribution in [0.15, 0.2) is 150 Å². The van der Waals surface area contributed by atoms with Crippen molar-refractivity contribution in [2.75, 3.05) is 11.5 Å². The number of hydrogen-bond donors (Lipinski definition) is 4. The normalized spacial score (nSPS) is 10.5. The highest BCUT2D eigenvalue weighted by Gasteiger charge is 2.10. The lowest BCUT2D eigenvalue weighted by Gasteiger charge is -2.12. The van der Waals surface area contributed by atoms with E-state index in [1.54, 1.807) is 12.1 Å². The van der Waals surface area contributed by atoms with Crippen LogP contribution in [0.2, 0.25) is 0 Å². The molecule has 48 heavy (non-hydrogen) atoms. The summed E-state index contributed by atoms with van der Waals surface area (Å²) in [4.78, 5) is 0. The van der Waals surface area contributed by atoms with Gasteiger partial charge >= 0.3 is 7.12 Å². The minimum absolute atomic E-state index is 0.434. The maximum absolute atomic E-state index is 8.94. The molecular formula is C42H44BBrN2O2. The number of benzene rings is 6. The van der Waals surface area contributed by atoms with Gasteiger partial charge in [0.1, 0.15) is 0 Å². The summed E-state index contributed by atoms with van der Waals surface area (Å²) in [7, 11) is -1.39. The lowest BCUT2D eigenvalue weighted by atomic mass is 9.80. The van der Waals surface area contributed by atoms with Crippen LogP contribution in [0.4, 0.5) is 11.4 Å². The van der Waals surface area contributed by atoms with Gasteiger partial charge in [-0.3, -0.25) is 0 Å². The molecule has 0 amide bonds. The van der Waals surface area contributed by atoms with Gasteiger partial charge in [0.2, 0.25) is 0 Å². The third kappa shape index (κ3) is 10.2. The smallest absolute Gasteiger partial charge is 0.423 e. The van der Waals surface area contributed by atoms with E-state index in [4.69, 9.17) is 21.5 Å². The molecule has 0 saturated heterocycles. The minimum Gasteiger partial charge on any atom is -0.423 e.